The molecule has 0 radical (unpaired) electrons. The van der Waals surface area contributed by atoms with Crippen LogP contribution in [0.15, 0.2) is 0 Å². The van der Waals surface area contributed by atoms with Crippen LogP contribution >= 0.6 is 0 Å². The largest absolute Gasteiger partial charge is 0.344 e. The topological polar surface area (TPSA) is 61.4 Å². The van der Waals surface area contributed by atoms with E-state index < -0.39 is 0 Å². The molecule has 1 atom stereocenters. The molecule has 0 bridgehead atoms. The van der Waals surface area contributed by atoms with Crippen molar-refractivity contribution in [3.05, 3.63) is 0 Å². The van der Waals surface area contributed by atoms with Crippen LogP contribution in [-0.2, 0) is 9.59 Å². The van der Waals surface area contributed by atoms with E-state index in [1.807, 2.05) is 4.90 Å². The Bertz CT molecular complexity index is 314. The SMILES string of the molecule is CC1(C)CN(C(=O)[C@H]2CCC(=O)N2)CCN1. The third kappa shape index (κ3) is 2.35. The van der Waals surface area contributed by atoms with Crippen LogP contribution < -0.4 is 10.6 Å². The first-order valence-corrected chi connectivity index (χ1v) is 5.81. The maximum absolute atomic E-state index is 12.1. The van der Waals surface area contributed by atoms with E-state index in [2.05, 4.69) is 24.5 Å². The monoisotopic (exact) mass is 225 g/mol. The van der Waals surface area contributed by atoms with Crippen LogP contribution in [0.3, 0.4) is 0 Å². The van der Waals surface area contributed by atoms with Gasteiger partial charge in [-0.15, -0.1) is 0 Å². The number of rotatable bonds is 1. The number of hydrogen-bond acceptors (Lipinski definition) is 3. The van der Waals surface area contributed by atoms with Gasteiger partial charge in [-0.1, -0.05) is 0 Å². The van der Waals surface area contributed by atoms with Crippen molar-refractivity contribution in [3.63, 3.8) is 0 Å². The van der Waals surface area contributed by atoms with Crippen LogP contribution in [0.25, 0.3) is 0 Å². The Balaban J connectivity index is 1.96. The van der Waals surface area contributed by atoms with Crippen molar-refractivity contribution in [2.24, 2.45) is 0 Å². The lowest BCUT2D eigenvalue weighted by molar-refractivity contribution is -0.136. The molecule has 2 heterocycles. The quantitative estimate of drug-likeness (QED) is 0.631. The summed E-state index contributed by atoms with van der Waals surface area (Å²) < 4.78 is 0. The lowest BCUT2D eigenvalue weighted by Gasteiger charge is -2.40. The smallest absolute Gasteiger partial charge is 0.245 e. The summed E-state index contributed by atoms with van der Waals surface area (Å²) in [6, 6.07) is -0.290. The van der Waals surface area contributed by atoms with Gasteiger partial charge in [-0.25, -0.2) is 0 Å². The highest BCUT2D eigenvalue weighted by atomic mass is 16.2. The maximum atomic E-state index is 12.1. The standard InChI is InChI=1S/C11H19N3O2/c1-11(2)7-14(6-5-12-11)10(16)8-3-4-9(15)13-8/h8,12H,3-7H2,1-2H3,(H,13,15)/t8-/m1/s1. The van der Waals surface area contributed by atoms with Crippen LogP contribution in [0, 0.1) is 0 Å². The fourth-order valence-corrected chi connectivity index (χ4v) is 2.35. The van der Waals surface area contributed by atoms with E-state index in [1.54, 1.807) is 0 Å². The van der Waals surface area contributed by atoms with Gasteiger partial charge in [0.25, 0.3) is 0 Å². The van der Waals surface area contributed by atoms with Crippen LogP contribution in [0.5, 0.6) is 0 Å². The Morgan fingerprint density at radius 2 is 2.25 bits per heavy atom. The lowest BCUT2D eigenvalue weighted by atomic mass is 10.0. The molecule has 5 heteroatoms. The molecule has 2 amide bonds. The number of carbonyl (C=O) groups is 2. The molecule has 2 saturated heterocycles. The Labute approximate surface area is 95.6 Å². The molecule has 2 fully saturated rings. The van der Waals surface area contributed by atoms with E-state index in [0.29, 0.717) is 19.4 Å². The maximum Gasteiger partial charge on any atom is 0.245 e. The fraction of sp³-hybridized carbons (Fsp3) is 0.818. The normalized spacial score (nSPS) is 29.0. The molecule has 2 aliphatic heterocycles. The van der Waals surface area contributed by atoms with Crippen LogP contribution in [0.2, 0.25) is 0 Å². The molecule has 90 valence electrons. The summed E-state index contributed by atoms with van der Waals surface area (Å²) in [5.74, 6) is 0.0631. The van der Waals surface area contributed by atoms with E-state index in [4.69, 9.17) is 0 Å². The summed E-state index contributed by atoms with van der Waals surface area (Å²) in [4.78, 5) is 25.0. The first kappa shape index (κ1) is 11.4. The zero-order chi connectivity index (χ0) is 11.8. The average Bonchev–Trinajstić information content (AvgIpc) is 2.62. The van der Waals surface area contributed by atoms with E-state index in [9.17, 15) is 9.59 Å². The van der Waals surface area contributed by atoms with Crippen molar-refractivity contribution in [2.75, 3.05) is 19.6 Å². The highest BCUT2D eigenvalue weighted by Crippen LogP contribution is 2.15. The Morgan fingerprint density at radius 1 is 1.50 bits per heavy atom. The van der Waals surface area contributed by atoms with E-state index in [1.165, 1.54) is 0 Å². The number of hydrogen-bond donors (Lipinski definition) is 2. The molecule has 0 unspecified atom stereocenters. The lowest BCUT2D eigenvalue weighted by Crippen LogP contribution is -2.60. The molecular formula is C11H19N3O2. The Morgan fingerprint density at radius 3 is 2.81 bits per heavy atom. The highest BCUT2D eigenvalue weighted by Gasteiger charge is 2.34. The van der Waals surface area contributed by atoms with Crippen molar-refractivity contribution in [1.29, 1.82) is 0 Å². The van der Waals surface area contributed by atoms with Crippen molar-refractivity contribution in [1.82, 2.24) is 15.5 Å². The molecule has 16 heavy (non-hydrogen) atoms. The van der Waals surface area contributed by atoms with Gasteiger partial charge in [-0.2, -0.15) is 0 Å². The molecule has 2 rings (SSSR count). The predicted octanol–water partition coefficient (Wildman–Crippen LogP) is -0.525. The van der Waals surface area contributed by atoms with Gasteiger partial charge in [-0.3, -0.25) is 9.59 Å². The average molecular weight is 225 g/mol. The second-order valence-corrected chi connectivity index (χ2v) is 5.23. The van der Waals surface area contributed by atoms with Gasteiger partial charge < -0.3 is 15.5 Å². The molecule has 2 aliphatic rings. The van der Waals surface area contributed by atoms with Gasteiger partial charge in [-0.05, 0) is 20.3 Å². The molecule has 0 aromatic rings. The molecule has 2 N–H and O–H groups in total. The number of carbonyl (C=O) groups excluding carboxylic acids is 2. The molecule has 0 saturated carbocycles. The zero-order valence-corrected chi connectivity index (χ0v) is 9.88. The molecule has 5 nitrogen and oxygen atoms in total. The fourth-order valence-electron chi connectivity index (χ4n) is 2.35. The predicted molar refractivity (Wildman–Crippen MR) is 59.8 cm³/mol. The van der Waals surface area contributed by atoms with Gasteiger partial charge in [0.05, 0.1) is 0 Å². The third-order valence-electron chi connectivity index (χ3n) is 3.18. The Kier molecular flexibility index (Phi) is 2.88. The summed E-state index contributed by atoms with van der Waals surface area (Å²) in [5.41, 5.74) is -0.0312. The molecular weight excluding hydrogens is 206 g/mol. The number of piperazine rings is 1. The minimum absolute atomic E-state index is 0.00672. The summed E-state index contributed by atoms with van der Waals surface area (Å²) in [6.45, 7) is 6.42. The highest BCUT2D eigenvalue weighted by molar-refractivity contribution is 5.90. The molecule has 0 aromatic carbocycles. The summed E-state index contributed by atoms with van der Waals surface area (Å²) in [6.07, 6.45) is 1.12. The molecule has 0 aromatic heterocycles. The Hall–Kier alpha value is -1.10. The van der Waals surface area contributed by atoms with Crippen molar-refractivity contribution in [2.45, 2.75) is 38.3 Å². The van der Waals surface area contributed by atoms with E-state index in [0.717, 1.165) is 13.1 Å². The summed E-state index contributed by atoms with van der Waals surface area (Å²) in [5, 5.41) is 6.09. The minimum atomic E-state index is -0.290. The van der Waals surface area contributed by atoms with Gasteiger partial charge in [0, 0.05) is 31.6 Å². The van der Waals surface area contributed by atoms with Crippen LogP contribution in [0.1, 0.15) is 26.7 Å². The number of nitrogens with zero attached hydrogens (tertiary/aromatic N) is 1. The summed E-state index contributed by atoms with van der Waals surface area (Å²) in [7, 11) is 0. The van der Waals surface area contributed by atoms with Gasteiger partial charge in [0.15, 0.2) is 0 Å². The first-order valence-electron chi connectivity index (χ1n) is 5.81. The van der Waals surface area contributed by atoms with Crippen molar-refractivity contribution < 1.29 is 9.59 Å². The number of nitrogens with one attached hydrogen (secondary N) is 2. The summed E-state index contributed by atoms with van der Waals surface area (Å²) >= 11 is 0. The zero-order valence-electron chi connectivity index (χ0n) is 9.88. The van der Waals surface area contributed by atoms with Crippen molar-refractivity contribution >= 4 is 11.8 Å². The first-order chi connectivity index (χ1) is 7.48. The molecule has 0 spiro atoms. The number of amides is 2. The third-order valence-corrected chi connectivity index (χ3v) is 3.18. The van der Waals surface area contributed by atoms with Crippen LogP contribution in [0.4, 0.5) is 0 Å². The van der Waals surface area contributed by atoms with Crippen molar-refractivity contribution in [3.8, 4) is 0 Å². The van der Waals surface area contributed by atoms with E-state index >= 15 is 0 Å². The second-order valence-electron chi connectivity index (χ2n) is 5.23. The second kappa shape index (κ2) is 4.05. The molecule has 0 aliphatic carbocycles. The minimum Gasteiger partial charge on any atom is -0.344 e. The van der Waals surface area contributed by atoms with Gasteiger partial charge >= 0.3 is 0 Å². The van der Waals surface area contributed by atoms with E-state index in [-0.39, 0.29) is 23.4 Å². The van der Waals surface area contributed by atoms with Crippen LogP contribution in [-0.4, -0.2) is 47.9 Å². The van der Waals surface area contributed by atoms with Gasteiger partial charge in [0.2, 0.25) is 11.8 Å². The van der Waals surface area contributed by atoms with Gasteiger partial charge in [0.1, 0.15) is 6.04 Å².